The summed E-state index contributed by atoms with van der Waals surface area (Å²) in [5.41, 5.74) is 7.02. The fourth-order valence-electron chi connectivity index (χ4n) is 3.10. The van der Waals surface area contributed by atoms with Crippen LogP contribution in [0.4, 0.5) is 0 Å². The Morgan fingerprint density at radius 2 is 1.52 bits per heavy atom. The van der Waals surface area contributed by atoms with Crippen molar-refractivity contribution in [3.8, 4) is 33.8 Å². The molecule has 1 radical (unpaired) electrons. The number of benzene rings is 2. The van der Waals surface area contributed by atoms with E-state index in [0.717, 1.165) is 33.8 Å². The predicted octanol–water partition coefficient (Wildman–Crippen LogP) is 6.77. The van der Waals surface area contributed by atoms with Gasteiger partial charge < -0.3 is 9.97 Å². The molecule has 0 N–H and O–H groups in total. The number of rotatable bonds is 3. The van der Waals surface area contributed by atoms with E-state index in [1.807, 2.05) is 60.8 Å². The molecule has 0 saturated heterocycles. The monoisotopic (exact) mass is 609 g/mol. The van der Waals surface area contributed by atoms with Crippen LogP contribution >= 0.6 is 0 Å². The van der Waals surface area contributed by atoms with E-state index in [1.165, 1.54) is 11.8 Å². The van der Waals surface area contributed by atoms with Gasteiger partial charge in [0.25, 0.3) is 0 Å². The fraction of sp³-hybridized carbons (Fsp3) is 0.0690. The van der Waals surface area contributed by atoms with Gasteiger partial charge in [0.15, 0.2) is 0 Å². The smallest absolute Gasteiger partial charge is 0.0518 e. The Hall–Kier alpha value is -3.46. The van der Waals surface area contributed by atoms with Gasteiger partial charge in [0, 0.05) is 42.8 Å². The molecule has 0 saturated carbocycles. The van der Waals surface area contributed by atoms with E-state index in [-0.39, 0.29) is 25.7 Å². The molecule has 0 aliphatic carbocycles. The van der Waals surface area contributed by atoms with Crippen molar-refractivity contribution in [3.05, 3.63) is 127 Å². The quantitative estimate of drug-likeness (QED) is 0.212. The van der Waals surface area contributed by atoms with E-state index in [4.69, 9.17) is 4.11 Å². The second-order valence-corrected chi connectivity index (χ2v) is 7.13. The largest absolute Gasteiger partial charge is 0.305 e. The average molecular weight is 609 g/mol. The van der Waals surface area contributed by atoms with E-state index in [0.29, 0.717) is 0 Å². The van der Waals surface area contributed by atoms with Crippen molar-refractivity contribution in [3.63, 3.8) is 0 Å². The minimum atomic E-state index is -2.09. The maximum atomic E-state index is 7.23. The summed E-state index contributed by atoms with van der Waals surface area (Å²) in [6, 6.07) is 33.0. The van der Waals surface area contributed by atoms with Gasteiger partial charge in [-0.3, -0.25) is 4.98 Å². The minimum absolute atomic E-state index is 0. The van der Waals surface area contributed by atoms with Crippen molar-refractivity contribution < 1.29 is 24.2 Å². The maximum Gasteiger partial charge on any atom is 0.0518 e. The number of pyridine rings is 3. The van der Waals surface area contributed by atoms with Crippen LogP contribution in [0, 0.1) is 25.9 Å². The summed E-state index contributed by atoms with van der Waals surface area (Å²) in [7, 11) is 0. The standard InChI is InChI=1S/C17H13N2.C12H10N.Ir/c1-13-8-10-19-17(11-13)15-6-4-5-14(12-15)16-7-2-3-9-18-16;1-10-7-8-12(13-9-10)11-5-3-2-4-6-11;/h2-5,7-12H,1H3;2-5,7-9H,1H3;/q2*-1;/i;1D3;. The zero-order valence-corrected chi connectivity index (χ0v) is 20.4. The molecule has 2 aromatic carbocycles. The Balaban J connectivity index is 0.000000198. The first-order chi connectivity index (χ1) is 16.9. The van der Waals surface area contributed by atoms with Crippen LogP contribution < -0.4 is 0 Å². The Bertz CT molecular complexity index is 1370. The molecule has 33 heavy (non-hydrogen) atoms. The van der Waals surface area contributed by atoms with Crippen molar-refractivity contribution in [1.82, 2.24) is 15.0 Å². The third-order valence-electron chi connectivity index (χ3n) is 4.70. The van der Waals surface area contributed by atoms with Gasteiger partial charge in [-0.25, -0.2) is 0 Å². The van der Waals surface area contributed by atoms with Crippen LogP contribution in [0.5, 0.6) is 0 Å². The number of hydrogen-bond donors (Lipinski definition) is 0. The molecule has 5 rings (SSSR count). The summed E-state index contributed by atoms with van der Waals surface area (Å²) in [5.74, 6) is 0. The van der Waals surface area contributed by atoms with E-state index in [9.17, 15) is 0 Å². The molecule has 0 unspecified atom stereocenters. The molecule has 0 aliphatic rings. The van der Waals surface area contributed by atoms with Gasteiger partial charge in [0.1, 0.15) is 0 Å². The van der Waals surface area contributed by atoms with Gasteiger partial charge in [-0.2, -0.15) is 0 Å². The molecule has 165 valence electrons. The average Bonchev–Trinajstić information content (AvgIpc) is 2.90. The van der Waals surface area contributed by atoms with E-state index >= 15 is 0 Å². The molecule has 3 aromatic heterocycles. The van der Waals surface area contributed by atoms with Crippen molar-refractivity contribution in [1.29, 1.82) is 0 Å². The Morgan fingerprint density at radius 1 is 0.667 bits per heavy atom. The summed E-state index contributed by atoms with van der Waals surface area (Å²) in [4.78, 5) is 12.9. The van der Waals surface area contributed by atoms with Crippen molar-refractivity contribution in [2.45, 2.75) is 13.8 Å². The summed E-state index contributed by atoms with van der Waals surface area (Å²) in [6.07, 6.45) is 5.02. The van der Waals surface area contributed by atoms with Gasteiger partial charge in [0.2, 0.25) is 0 Å². The van der Waals surface area contributed by atoms with Crippen LogP contribution in [0.2, 0.25) is 0 Å². The number of nitrogens with zero attached hydrogens (tertiary/aromatic N) is 3. The topological polar surface area (TPSA) is 38.7 Å². The molecule has 0 aliphatic heterocycles. The van der Waals surface area contributed by atoms with Crippen LogP contribution in [-0.2, 0) is 20.1 Å². The third-order valence-corrected chi connectivity index (χ3v) is 4.70. The molecule has 3 heterocycles. The van der Waals surface area contributed by atoms with Crippen LogP contribution in [0.3, 0.4) is 0 Å². The molecule has 0 bridgehead atoms. The van der Waals surface area contributed by atoms with E-state index in [2.05, 4.69) is 46.1 Å². The molecular weight excluding hydrogens is 583 g/mol. The summed E-state index contributed by atoms with van der Waals surface area (Å²) in [6.45, 7) is -0.0281. The number of aromatic nitrogens is 3. The summed E-state index contributed by atoms with van der Waals surface area (Å²) in [5, 5.41) is 0. The number of aryl methyl sites for hydroxylation is 2. The third kappa shape index (κ3) is 6.76. The van der Waals surface area contributed by atoms with Crippen LogP contribution in [0.25, 0.3) is 33.8 Å². The first kappa shape index (κ1) is 20.2. The molecule has 5 aromatic rings. The van der Waals surface area contributed by atoms with Crippen LogP contribution in [0.15, 0.2) is 104 Å². The molecule has 0 spiro atoms. The fourth-order valence-corrected chi connectivity index (χ4v) is 3.10. The normalized spacial score (nSPS) is 11.6. The molecular formula is C29H23IrN3-2. The molecule has 0 fully saturated rings. The van der Waals surface area contributed by atoms with Gasteiger partial charge in [0.05, 0.1) is 5.69 Å². The first-order valence-electron chi connectivity index (χ1n) is 11.7. The van der Waals surface area contributed by atoms with Crippen molar-refractivity contribution in [2.24, 2.45) is 0 Å². The van der Waals surface area contributed by atoms with Crippen LogP contribution in [-0.4, -0.2) is 15.0 Å². The zero-order chi connectivity index (χ0) is 24.7. The SMILES string of the molecule is Cc1ccnc(-c2[c-]ccc(-c3ccccn3)c2)c1.[2H]C([2H])([2H])c1ccc(-c2[c-]cccc2)nc1.[Ir]. The summed E-state index contributed by atoms with van der Waals surface area (Å²) >= 11 is 0. The zero-order valence-electron chi connectivity index (χ0n) is 21.0. The second-order valence-electron chi connectivity index (χ2n) is 7.13. The van der Waals surface area contributed by atoms with Gasteiger partial charge in [-0.15, -0.1) is 65.7 Å². The van der Waals surface area contributed by atoms with E-state index in [1.54, 1.807) is 24.4 Å². The maximum absolute atomic E-state index is 7.23. The second kappa shape index (κ2) is 12.0. The van der Waals surface area contributed by atoms with Gasteiger partial charge >= 0.3 is 0 Å². The molecule has 3 nitrogen and oxygen atoms in total. The van der Waals surface area contributed by atoms with Gasteiger partial charge in [-0.1, -0.05) is 35.4 Å². The van der Waals surface area contributed by atoms with Crippen molar-refractivity contribution in [2.75, 3.05) is 0 Å². The Morgan fingerprint density at radius 3 is 2.21 bits per heavy atom. The minimum Gasteiger partial charge on any atom is -0.305 e. The van der Waals surface area contributed by atoms with E-state index < -0.39 is 6.85 Å². The first-order valence-corrected chi connectivity index (χ1v) is 10.2. The molecule has 4 heteroatoms. The van der Waals surface area contributed by atoms with Crippen molar-refractivity contribution >= 4 is 0 Å². The number of hydrogen-bond acceptors (Lipinski definition) is 3. The van der Waals surface area contributed by atoms with Crippen LogP contribution in [0.1, 0.15) is 15.2 Å². The Kier molecular flexibility index (Phi) is 7.31. The van der Waals surface area contributed by atoms with Gasteiger partial charge in [-0.05, 0) is 48.9 Å². The summed E-state index contributed by atoms with van der Waals surface area (Å²) < 4.78 is 21.7. The Labute approximate surface area is 213 Å². The predicted molar refractivity (Wildman–Crippen MR) is 130 cm³/mol. The molecule has 0 atom stereocenters. The molecule has 0 amide bonds.